The molecule has 0 saturated heterocycles. The molecular weight excluding hydrogens is 231 g/mol. The van der Waals surface area contributed by atoms with Crippen LogP contribution in [0.25, 0.3) is 0 Å². The largest absolute Gasteiger partial charge is 0.396 e. The van der Waals surface area contributed by atoms with Crippen LogP contribution in [0, 0.1) is 24.1 Å². The highest BCUT2D eigenvalue weighted by Gasteiger charge is 2.06. The molecule has 2 rings (SSSR count). The summed E-state index contributed by atoms with van der Waals surface area (Å²) in [6, 6.07) is 9.75. The van der Waals surface area contributed by atoms with Crippen molar-refractivity contribution in [1.29, 1.82) is 5.26 Å². The third kappa shape index (κ3) is 2.38. The van der Waals surface area contributed by atoms with E-state index in [4.69, 9.17) is 11.0 Å². The Labute approximate surface area is 104 Å². The highest BCUT2D eigenvalue weighted by Crippen LogP contribution is 2.21. The lowest BCUT2D eigenvalue weighted by Gasteiger charge is -2.08. The number of halogens is 1. The van der Waals surface area contributed by atoms with Gasteiger partial charge in [-0.15, -0.1) is 0 Å². The number of rotatable bonds is 2. The van der Waals surface area contributed by atoms with Crippen molar-refractivity contribution in [1.82, 2.24) is 4.98 Å². The fourth-order valence-corrected chi connectivity index (χ4v) is 1.50. The van der Waals surface area contributed by atoms with E-state index in [-0.39, 0.29) is 11.5 Å². The fourth-order valence-electron chi connectivity index (χ4n) is 1.50. The van der Waals surface area contributed by atoms with Gasteiger partial charge in [0.05, 0.1) is 11.4 Å². The van der Waals surface area contributed by atoms with Gasteiger partial charge in [-0.05, 0) is 36.8 Å². The summed E-state index contributed by atoms with van der Waals surface area (Å²) in [5, 5.41) is 11.6. The molecule has 0 radical (unpaired) electrons. The molecule has 1 heterocycles. The Morgan fingerprint density at radius 2 is 2.11 bits per heavy atom. The third-order valence-electron chi connectivity index (χ3n) is 2.42. The number of anilines is 3. The van der Waals surface area contributed by atoms with E-state index in [1.807, 2.05) is 13.0 Å². The molecule has 0 spiro atoms. The lowest BCUT2D eigenvalue weighted by Crippen LogP contribution is -2.00. The van der Waals surface area contributed by atoms with Crippen molar-refractivity contribution in [3.8, 4) is 6.07 Å². The van der Waals surface area contributed by atoms with Crippen molar-refractivity contribution in [3.63, 3.8) is 0 Å². The Bertz CT molecular complexity index is 631. The molecule has 2 aromatic rings. The first-order valence-electron chi connectivity index (χ1n) is 5.30. The normalized spacial score (nSPS) is 9.83. The number of benzene rings is 1. The number of pyridine rings is 1. The lowest BCUT2D eigenvalue weighted by atomic mass is 10.2. The summed E-state index contributed by atoms with van der Waals surface area (Å²) in [6.45, 7) is 1.86. The number of nitrogens with zero attached hydrogens (tertiary/aromatic N) is 2. The second kappa shape index (κ2) is 4.72. The molecule has 90 valence electrons. The quantitative estimate of drug-likeness (QED) is 0.849. The first kappa shape index (κ1) is 11.9. The average molecular weight is 242 g/mol. The zero-order chi connectivity index (χ0) is 13.1. The molecule has 0 aliphatic rings. The van der Waals surface area contributed by atoms with E-state index >= 15 is 0 Å². The van der Waals surface area contributed by atoms with Crippen molar-refractivity contribution < 1.29 is 4.39 Å². The predicted molar refractivity (Wildman–Crippen MR) is 67.8 cm³/mol. The van der Waals surface area contributed by atoms with E-state index in [0.717, 1.165) is 5.56 Å². The van der Waals surface area contributed by atoms with Gasteiger partial charge in [0.1, 0.15) is 17.7 Å². The molecule has 0 saturated carbocycles. The third-order valence-corrected chi connectivity index (χ3v) is 2.42. The molecule has 1 aromatic carbocycles. The van der Waals surface area contributed by atoms with Gasteiger partial charge in [0.25, 0.3) is 0 Å². The van der Waals surface area contributed by atoms with Gasteiger partial charge in [0.2, 0.25) is 0 Å². The SMILES string of the molecule is Cc1ccc(F)c(Nc2ccc(N)c(C#N)n2)c1. The average Bonchev–Trinajstić information content (AvgIpc) is 2.36. The molecule has 4 nitrogen and oxygen atoms in total. The van der Waals surface area contributed by atoms with Crippen LogP contribution in [0.15, 0.2) is 30.3 Å². The van der Waals surface area contributed by atoms with Crippen LogP contribution in [0.4, 0.5) is 21.6 Å². The number of nitrogens with two attached hydrogens (primary N) is 1. The summed E-state index contributed by atoms with van der Waals surface area (Å²) in [5.74, 6) is 0.00276. The molecule has 0 fully saturated rings. The summed E-state index contributed by atoms with van der Waals surface area (Å²) in [4.78, 5) is 3.99. The monoisotopic (exact) mass is 242 g/mol. The van der Waals surface area contributed by atoms with Crippen molar-refractivity contribution in [2.24, 2.45) is 0 Å². The predicted octanol–water partition coefficient (Wildman–Crippen LogP) is 2.73. The summed E-state index contributed by atoms with van der Waals surface area (Å²) >= 11 is 0. The van der Waals surface area contributed by atoms with E-state index in [2.05, 4.69) is 10.3 Å². The van der Waals surface area contributed by atoms with E-state index in [0.29, 0.717) is 17.2 Å². The Morgan fingerprint density at radius 1 is 1.33 bits per heavy atom. The highest BCUT2D eigenvalue weighted by molar-refractivity contribution is 5.61. The van der Waals surface area contributed by atoms with Crippen LogP contribution >= 0.6 is 0 Å². The molecular formula is C13H11FN4. The van der Waals surface area contributed by atoms with Crippen LogP contribution in [-0.2, 0) is 0 Å². The molecule has 18 heavy (non-hydrogen) atoms. The van der Waals surface area contributed by atoms with Gasteiger partial charge in [-0.1, -0.05) is 6.07 Å². The standard InChI is InChI=1S/C13H11FN4/c1-8-2-3-9(14)11(6-8)17-13-5-4-10(16)12(7-15)18-13/h2-6H,16H2,1H3,(H,17,18). The zero-order valence-electron chi connectivity index (χ0n) is 9.74. The Kier molecular flexibility index (Phi) is 3.11. The highest BCUT2D eigenvalue weighted by atomic mass is 19.1. The molecule has 1 aromatic heterocycles. The van der Waals surface area contributed by atoms with Crippen molar-refractivity contribution in [2.75, 3.05) is 11.1 Å². The summed E-state index contributed by atoms with van der Waals surface area (Å²) < 4.78 is 13.5. The molecule has 0 amide bonds. The number of aryl methyl sites for hydroxylation is 1. The number of aromatic nitrogens is 1. The molecule has 0 atom stereocenters. The number of hydrogen-bond acceptors (Lipinski definition) is 4. The number of nitriles is 1. The van der Waals surface area contributed by atoms with Gasteiger partial charge in [-0.3, -0.25) is 0 Å². The van der Waals surface area contributed by atoms with Crippen molar-refractivity contribution >= 4 is 17.2 Å². The van der Waals surface area contributed by atoms with Gasteiger partial charge in [-0.25, -0.2) is 9.37 Å². The maximum absolute atomic E-state index is 13.5. The van der Waals surface area contributed by atoms with Crippen LogP contribution < -0.4 is 11.1 Å². The zero-order valence-corrected chi connectivity index (χ0v) is 9.74. The maximum atomic E-state index is 13.5. The fraction of sp³-hybridized carbons (Fsp3) is 0.0769. The van der Waals surface area contributed by atoms with Crippen molar-refractivity contribution in [2.45, 2.75) is 6.92 Å². The molecule has 0 aliphatic carbocycles. The maximum Gasteiger partial charge on any atom is 0.165 e. The molecule has 0 aliphatic heterocycles. The smallest absolute Gasteiger partial charge is 0.165 e. The van der Waals surface area contributed by atoms with E-state index < -0.39 is 0 Å². The van der Waals surface area contributed by atoms with Crippen LogP contribution in [0.1, 0.15) is 11.3 Å². The van der Waals surface area contributed by atoms with Gasteiger partial charge in [0, 0.05) is 0 Å². The molecule has 5 heteroatoms. The minimum absolute atomic E-state index is 0.119. The van der Waals surface area contributed by atoms with Gasteiger partial charge in [0.15, 0.2) is 5.69 Å². The first-order valence-corrected chi connectivity index (χ1v) is 5.30. The molecule has 0 bridgehead atoms. The minimum Gasteiger partial charge on any atom is -0.396 e. The second-order valence-electron chi connectivity index (χ2n) is 3.85. The van der Waals surface area contributed by atoms with Gasteiger partial charge < -0.3 is 11.1 Å². The van der Waals surface area contributed by atoms with Crippen molar-refractivity contribution in [3.05, 3.63) is 47.4 Å². The van der Waals surface area contributed by atoms with Gasteiger partial charge in [-0.2, -0.15) is 5.26 Å². The van der Waals surface area contributed by atoms with Crippen LogP contribution in [0.3, 0.4) is 0 Å². The topological polar surface area (TPSA) is 74.7 Å². The van der Waals surface area contributed by atoms with E-state index in [1.165, 1.54) is 6.07 Å². The van der Waals surface area contributed by atoms with E-state index in [1.54, 1.807) is 24.3 Å². The number of nitrogens with one attached hydrogen (secondary N) is 1. The first-order chi connectivity index (χ1) is 8.60. The Balaban J connectivity index is 2.34. The Morgan fingerprint density at radius 3 is 2.83 bits per heavy atom. The summed E-state index contributed by atoms with van der Waals surface area (Å²) in [6.07, 6.45) is 0. The van der Waals surface area contributed by atoms with E-state index in [9.17, 15) is 4.39 Å². The summed E-state index contributed by atoms with van der Waals surface area (Å²) in [5.41, 5.74) is 7.22. The van der Waals surface area contributed by atoms with Crippen LogP contribution in [0.5, 0.6) is 0 Å². The van der Waals surface area contributed by atoms with Gasteiger partial charge >= 0.3 is 0 Å². The number of hydrogen-bond donors (Lipinski definition) is 2. The number of nitrogen functional groups attached to an aromatic ring is 1. The molecule has 3 N–H and O–H groups in total. The van der Waals surface area contributed by atoms with Crippen LogP contribution in [-0.4, -0.2) is 4.98 Å². The minimum atomic E-state index is -0.377. The lowest BCUT2D eigenvalue weighted by molar-refractivity contribution is 0.631. The van der Waals surface area contributed by atoms with Crippen LogP contribution in [0.2, 0.25) is 0 Å². The molecule has 0 unspecified atom stereocenters. The summed E-state index contributed by atoms with van der Waals surface area (Å²) in [7, 11) is 0. The Hall–Kier alpha value is -2.61. The second-order valence-corrected chi connectivity index (χ2v) is 3.85.